The number of nitrogens with one attached hydrogen (secondary N) is 1. The fraction of sp³-hybridized carbons (Fsp3) is 0.938. The molecule has 0 aromatic carbocycles. The fourth-order valence-electron chi connectivity index (χ4n) is 2.85. The molecule has 1 amide bonds. The van der Waals surface area contributed by atoms with Gasteiger partial charge < -0.3 is 4.90 Å². The van der Waals surface area contributed by atoms with Crippen LogP contribution < -0.4 is 5.32 Å². The SMILES string of the molecule is CCCCC1NC(CC(C)C)N(C(C)CSCC)C1=O. The molecule has 4 heteroatoms. The maximum absolute atomic E-state index is 12.7. The molecule has 1 N–H and O–H groups in total. The van der Waals surface area contributed by atoms with E-state index in [1.54, 1.807) is 0 Å². The highest BCUT2D eigenvalue weighted by atomic mass is 32.2. The summed E-state index contributed by atoms with van der Waals surface area (Å²) >= 11 is 1.92. The molecule has 0 aliphatic carbocycles. The number of nitrogens with zero attached hydrogens (tertiary/aromatic N) is 1. The second kappa shape index (κ2) is 8.93. The van der Waals surface area contributed by atoms with Crippen LogP contribution in [0.25, 0.3) is 0 Å². The normalized spacial score (nSPS) is 24.7. The molecule has 1 heterocycles. The Kier molecular flexibility index (Phi) is 7.96. The molecule has 3 atom stereocenters. The number of carbonyl (C=O) groups is 1. The second-order valence-electron chi connectivity index (χ2n) is 6.26. The van der Waals surface area contributed by atoms with Gasteiger partial charge in [-0.25, -0.2) is 0 Å². The zero-order chi connectivity index (χ0) is 15.1. The Balaban J connectivity index is 2.70. The van der Waals surface area contributed by atoms with E-state index in [1.165, 1.54) is 0 Å². The van der Waals surface area contributed by atoms with Crippen LogP contribution >= 0.6 is 11.8 Å². The summed E-state index contributed by atoms with van der Waals surface area (Å²) in [6, 6.07) is 0.378. The third-order valence-electron chi connectivity index (χ3n) is 3.86. The molecule has 3 unspecified atom stereocenters. The number of hydrogen-bond acceptors (Lipinski definition) is 3. The topological polar surface area (TPSA) is 32.3 Å². The van der Waals surface area contributed by atoms with E-state index in [0.29, 0.717) is 17.9 Å². The highest BCUT2D eigenvalue weighted by molar-refractivity contribution is 7.99. The second-order valence-corrected chi connectivity index (χ2v) is 7.58. The molecule has 1 saturated heterocycles. The molecule has 3 nitrogen and oxygen atoms in total. The maximum atomic E-state index is 12.7. The van der Waals surface area contributed by atoms with Gasteiger partial charge in [-0.05, 0) is 31.4 Å². The van der Waals surface area contributed by atoms with Crippen molar-refractivity contribution in [3.05, 3.63) is 0 Å². The minimum absolute atomic E-state index is 0.0489. The first-order chi connectivity index (χ1) is 9.51. The molecule has 0 radical (unpaired) electrons. The molecule has 0 aromatic rings. The Hall–Kier alpha value is -0.220. The molecule has 1 fully saturated rings. The lowest BCUT2D eigenvalue weighted by atomic mass is 10.1. The monoisotopic (exact) mass is 300 g/mol. The molecule has 1 aliphatic heterocycles. The summed E-state index contributed by atoms with van der Waals surface area (Å²) in [5.74, 6) is 3.10. The first-order valence-corrected chi connectivity index (χ1v) is 9.32. The largest absolute Gasteiger partial charge is 0.322 e. The first-order valence-electron chi connectivity index (χ1n) is 8.17. The minimum atomic E-state index is 0.0489. The Bertz CT molecular complexity index is 296. The summed E-state index contributed by atoms with van der Waals surface area (Å²) in [4.78, 5) is 14.8. The van der Waals surface area contributed by atoms with E-state index in [1.807, 2.05) is 11.8 Å². The summed E-state index contributed by atoms with van der Waals surface area (Å²) in [5.41, 5.74) is 0. The number of carbonyl (C=O) groups excluding carboxylic acids is 1. The Labute approximate surface area is 129 Å². The zero-order valence-electron chi connectivity index (χ0n) is 13.8. The van der Waals surface area contributed by atoms with E-state index in [0.717, 1.165) is 37.2 Å². The van der Waals surface area contributed by atoms with Crippen molar-refractivity contribution in [2.75, 3.05) is 11.5 Å². The Morgan fingerprint density at radius 1 is 1.30 bits per heavy atom. The van der Waals surface area contributed by atoms with Gasteiger partial charge in [-0.1, -0.05) is 40.5 Å². The fourth-order valence-corrected chi connectivity index (χ4v) is 3.59. The van der Waals surface area contributed by atoms with Gasteiger partial charge in [-0.15, -0.1) is 0 Å². The summed E-state index contributed by atoms with van der Waals surface area (Å²) in [7, 11) is 0. The third kappa shape index (κ3) is 4.96. The van der Waals surface area contributed by atoms with Crippen molar-refractivity contribution in [2.45, 2.75) is 78.6 Å². The van der Waals surface area contributed by atoms with Crippen LogP contribution in [0.2, 0.25) is 0 Å². The highest BCUT2D eigenvalue weighted by Gasteiger charge is 2.40. The van der Waals surface area contributed by atoms with Gasteiger partial charge in [0, 0.05) is 11.8 Å². The van der Waals surface area contributed by atoms with Crippen molar-refractivity contribution in [1.29, 1.82) is 0 Å². The standard InChI is InChI=1S/C16H32N2OS/c1-6-8-9-14-16(19)18(13(5)11-20-7-2)15(17-14)10-12(3)4/h12-15,17H,6-11H2,1-5H3. The average molecular weight is 301 g/mol. The van der Waals surface area contributed by atoms with E-state index in [9.17, 15) is 4.79 Å². The van der Waals surface area contributed by atoms with E-state index in [2.05, 4.69) is 44.8 Å². The highest BCUT2D eigenvalue weighted by Crippen LogP contribution is 2.24. The predicted octanol–water partition coefficient (Wildman–Crippen LogP) is 3.49. The molecule has 0 bridgehead atoms. The zero-order valence-corrected chi connectivity index (χ0v) is 14.6. The van der Waals surface area contributed by atoms with Crippen LogP contribution in [0.1, 0.15) is 60.3 Å². The summed E-state index contributed by atoms with van der Waals surface area (Å²) in [6.07, 6.45) is 4.55. The predicted molar refractivity (Wildman–Crippen MR) is 89.0 cm³/mol. The number of amides is 1. The lowest BCUT2D eigenvalue weighted by Gasteiger charge is -2.31. The number of thioether (sulfide) groups is 1. The van der Waals surface area contributed by atoms with Gasteiger partial charge in [-0.2, -0.15) is 11.8 Å². The van der Waals surface area contributed by atoms with Gasteiger partial charge in [0.25, 0.3) is 0 Å². The lowest BCUT2D eigenvalue weighted by molar-refractivity contribution is -0.131. The third-order valence-corrected chi connectivity index (χ3v) is 4.99. The van der Waals surface area contributed by atoms with E-state index in [4.69, 9.17) is 0 Å². The summed E-state index contributed by atoms with van der Waals surface area (Å²) in [6.45, 7) is 11.0. The Morgan fingerprint density at radius 3 is 2.55 bits per heavy atom. The van der Waals surface area contributed by atoms with Gasteiger partial charge in [-0.3, -0.25) is 10.1 Å². The van der Waals surface area contributed by atoms with Crippen molar-refractivity contribution in [1.82, 2.24) is 10.2 Å². The van der Waals surface area contributed by atoms with Crippen molar-refractivity contribution in [3.63, 3.8) is 0 Å². The van der Waals surface area contributed by atoms with Gasteiger partial charge in [0.05, 0.1) is 12.2 Å². The quantitative estimate of drug-likeness (QED) is 0.707. The Morgan fingerprint density at radius 2 is 2.00 bits per heavy atom. The lowest BCUT2D eigenvalue weighted by Crippen LogP contribution is -2.45. The minimum Gasteiger partial charge on any atom is -0.322 e. The van der Waals surface area contributed by atoms with Gasteiger partial charge in [0.1, 0.15) is 0 Å². The average Bonchev–Trinajstić information content (AvgIpc) is 2.69. The van der Waals surface area contributed by atoms with Gasteiger partial charge >= 0.3 is 0 Å². The van der Waals surface area contributed by atoms with Gasteiger partial charge in [0.15, 0.2) is 0 Å². The van der Waals surface area contributed by atoms with Crippen molar-refractivity contribution >= 4 is 17.7 Å². The molecule has 0 saturated carbocycles. The molecule has 118 valence electrons. The molecule has 1 rings (SSSR count). The molecule has 0 aromatic heterocycles. The smallest absolute Gasteiger partial charge is 0.241 e. The van der Waals surface area contributed by atoms with Gasteiger partial charge in [0.2, 0.25) is 5.91 Å². The summed E-state index contributed by atoms with van der Waals surface area (Å²) < 4.78 is 0. The first kappa shape index (κ1) is 17.8. The van der Waals surface area contributed by atoms with Crippen LogP contribution in [-0.2, 0) is 4.79 Å². The molecule has 0 spiro atoms. The number of rotatable bonds is 9. The van der Waals surface area contributed by atoms with Crippen molar-refractivity contribution in [2.24, 2.45) is 5.92 Å². The van der Waals surface area contributed by atoms with Crippen molar-refractivity contribution < 1.29 is 4.79 Å². The van der Waals surface area contributed by atoms with E-state index < -0.39 is 0 Å². The summed E-state index contributed by atoms with van der Waals surface area (Å²) in [5, 5.41) is 3.58. The van der Waals surface area contributed by atoms with Crippen LogP contribution in [-0.4, -0.2) is 40.6 Å². The van der Waals surface area contributed by atoms with Crippen LogP contribution in [0.5, 0.6) is 0 Å². The molecular formula is C16H32N2OS. The molecular weight excluding hydrogens is 268 g/mol. The number of hydrogen-bond donors (Lipinski definition) is 1. The van der Waals surface area contributed by atoms with Crippen LogP contribution in [0.3, 0.4) is 0 Å². The van der Waals surface area contributed by atoms with E-state index >= 15 is 0 Å². The van der Waals surface area contributed by atoms with Crippen molar-refractivity contribution in [3.8, 4) is 0 Å². The molecule has 20 heavy (non-hydrogen) atoms. The van der Waals surface area contributed by atoms with Crippen LogP contribution in [0, 0.1) is 5.92 Å². The molecule has 1 aliphatic rings. The van der Waals surface area contributed by atoms with E-state index in [-0.39, 0.29) is 12.2 Å². The maximum Gasteiger partial charge on any atom is 0.241 e. The number of unbranched alkanes of at least 4 members (excludes halogenated alkanes) is 1. The van der Waals surface area contributed by atoms with Crippen LogP contribution in [0.4, 0.5) is 0 Å². The van der Waals surface area contributed by atoms with Crippen LogP contribution in [0.15, 0.2) is 0 Å².